The van der Waals surface area contributed by atoms with Crippen molar-refractivity contribution < 1.29 is 13.2 Å². The Balaban J connectivity index is 0.00000312. The predicted molar refractivity (Wildman–Crippen MR) is 112 cm³/mol. The number of sulfonamides is 1. The standard InChI is InChI=1S/C16H30N4O3S.HI/c1-2-17-16(20-14-7-3-4-8-14)18-10-12-24(21,22)19-13-15-9-5-6-11-23-15;/h3-4,14-15,19H,2,5-13H2,1H3,(H2,17,18,20);1H. The Morgan fingerprint density at radius 3 is 2.68 bits per heavy atom. The lowest BCUT2D eigenvalue weighted by atomic mass is 10.1. The molecule has 0 aromatic carbocycles. The van der Waals surface area contributed by atoms with E-state index in [-0.39, 0.29) is 42.4 Å². The molecule has 1 fully saturated rings. The van der Waals surface area contributed by atoms with E-state index in [0.717, 1.165) is 45.3 Å². The normalized spacial score (nSPS) is 21.8. The summed E-state index contributed by atoms with van der Waals surface area (Å²) < 4.78 is 32.3. The highest BCUT2D eigenvalue weighted by molar-refractivity contribution is 14.0. The minimum atomic E-state index is -3.32. The van der Waals surface area contributed by atoms with E-state index in [1.54, 1.807) is 0 Å². The maximum absolute atomic E-state index is 12.1. The summed E-state index contributed by atoms with van der Waals surface area (Å²) in [5, 5.41) is 6.48. The van der Waals surface area contributed by atoms with Crippen molar-refractivity contribution in [2.75, 3.05) is 32.0 Å². The number of aliphatic imine (C=N–C) groups is 1. The summed E-state index contributed by atoms with van der Waals surface area (Å²) in [4.78, 5) is 4.37. The molecule has 0 spiro atoms. The smallest absolute Gasteiger partial charge is 0.213 e. The van der Waals surface area contributed by atoms with Gasteiger partial charge in [-0.1, -0.05) is 12.2 Å². The average molecular weight is 486 g/mol. The van der Waals surface area contributed by atoms with Crippen LogP contribution >= 0.6 is 24.0 Å². The molecule has 1 aliphatic carbocycles. The monoisotopic (exact) mass is 486 g/mol. The van der Waals surface area contributed by atoms with Crippen molar-refractivity contribution >= 4 is 40.0 Å². The molecule has 1 saturated heterocycles. The van der Waals surface area contributed by atoms with Gasteiger partial charge in [0.1, 0.15) is 0 Å². The second-order valence-electron chi connectivity index (χ2n) is 6.20. The van der Waals surface area contributed by atoms with Crippen LogP contribution in [0.1, 0.15) is 39.0 Å². The van der Waals surface area contributed by atoms with Crippen molar-refractivity contribution in [3.05, 3.63) is 12.2 Å². The molecule has 0 radical (unpaired) electrons. The third-order valence-corrected chi connectivity index (χ3v) is 5.45. The van der Waals surface area contributed by atoms with E-state index in [0.29, 0.717) is 18.5 Å². The van der Waals surface area contributed by atoms with Crippen LogP contribution in [0.3, 0.4) is 0 Å². The van der Waals surface area contributed by atoms with Crippen LogP contribution in [0, 0.1) is 0 Å². The number of rotatable bonds is 8. The van der Waals surface area contributed by atoms with Crippen LogP contribution in [-0.4, -0.2) is 58.5 Å². The number of guanidine groups is 1. The molecule has 146 valence electrons. The fourth-order valence-corrected chi connectivity index (χ4v) is 3.70. The SMILES string of the molecule is CCNC(=NCCS(=O)(=O)NCC1CCCCO1)NC1CC=CC1.I. The molecule has 0 amide bonds. The summed E-state index contributed by atoms with van der Waals surface area (Å²) in [6.07, 6.45) is 9.33. The Hall–Kier alpha value is -0.390. The predicted octanol–water partition coefficient (Wildman–Crippen LogP) is 1.37. The molecule has 3 N–H and O–H groups in total. The van der Waals surface area contributed by atoms with Crippen LogP contribution in [0.2, 0.25) is 0 Å². The second-order valence-corrected chi connectivity index (χ2v) is 8.13. The lowest BCUT2D eigenvalue weighted by Gasteiger charge is -2.22. The minimum Gasteiger partial charge on any atom is -0.377 e. The molecule has 0 aromatic rings. The molecule has 1 aliphatic heterocycles. The van der Waals surface area contributed by atoms with Crippen molar-refractivity contribution in [2.45, 2.75) is 51.2 Å². The molecule has 1 heterocycles. The Morgan fingerprint density at radius 1 is 1.28 bits per heavy atom. The van der Waals surface area contributed by atoms with Gasteiger partial charge in [-0.05, 0) is 39.0 Å². The number of hydrogen-bond donors (Lipinski definition) is 3. The van der Waals surface area contributed by atoms with Crippen molar-refractivity contribution in [1.82, 2.24) is 15.4 Å². The number of nitrogens with zero attached hydrogens (tertiary/aromatic N) is 1. The van der Waals surface area contributed by atoms with Gasteiger partial charge in [-0.2, -0.15) is 0 Å². The summed E-state index contributed by atoms with van der Waals surface area (Å²) in [5.41, 5.74) is 0. The van der Waals surface area contributed by atoms with Gasteiger partial charge in [0.05, 0.1) is 18.4 Å². The molecular weight excluding hydrogens is 455 g/mol. The number of hydrogen-bond acceptors (Lipinski definition) is 4. The van der Waals surface area contributed by atoms with E-state index in [4.69, 9.17) is 4.74 Å². The first-order valence-electron chi connectivity index (χ1n) is 8.88. The fraction of sp³-hybridized carbons (Fsp3) is 0.812. The Morgan fingerprint density at radius 2 is 2.04 bits per heavy atom. The number of nitrogens with one attached hydrogen (secondary N) is 3. The third kappa shape index (κ3) is 9.20. The van der Waals surface area contributed by atoms with E-state index >= 15 is 0 Å². The Bertz CT molecular complexity index is 525. The van der Waals surface area contributed by atoms with Crippen LogP contribution in [0.15, 0.2) is 17.1 Å². The maximum atomic E-state index is 12.1. The van der Waals surface area contributed by atoms with Crippen molar-refractivity contribution in [3.63, 3.8) is 0 Å². The molecule has 1 unspecified atom stereocenters. The topological polar surface area (TPSA) is 91.8 Å². The van der Waals surface area contributed by atoms with Gasteiger partial charge in [0.2, 0.25) is 10.0 Å². The molecule has 2 aliphatic rings. The Kier molecular flexibility index (Phi) is 10.9. The molecule has 7 nitrogen and oxygen atoms in total. The van der Waals surface area contributed by atoms with Crippen molar-refractivity contribution in [2.24, 2.45) is 4.99 Å². The lowest BCUT2D eigenvalue weighted by molar-refractivity contribution is 0.0200. The van der Waals surface area contributed by atoms with Crippen LogP contribution in [0.25, 0.3) is 0 Å². The molecule has 9 heteroatoms. The lowest BCUT2D eigenvalue weighted by Crippen LogP contribution is -2.43. The van der Waals surface area contributed by atoms with Crippen LogP contribution in [0.5, 0.6) is 0 Å². The highest BCUT2D eigenvalue weighted by Crippen LogP contribution is 2.12. The summed E-state index contributed by atoms with van der Waals surface area (Å²) in [5.74, 6) is 0.663. The zero-order valence-electron chi connectivity index (χ0n) is 14.9. The zero-order chi connectivity index (χ0) is 17.3. The zero-order valence-corrected chi connectivity index (χ0v) is 18.0. The first kappa shape index (κ1) is 22.7. The quantitative estimate of drug-likeness (QED) is 0.209. The van der Waals surface area contributed by atoms with E-state index in [9.17, 15) is 8.42 Å². The van der Waals surface area contributed by atoms with Crippen molar-refractivity contribution in [3.8, 4) is 0 Å². The largest absolute Gasteiger partial charge is 0.377 e. The van der Waals surface area contributed by atoms with E-state index in [2.05, 4.69) is 32.5 Å². The molecular formula is C16H31IN4O3S. The highest BCUT2D eigenvalue weighted by atomic mass is 127. The van der Waals surface area contributed by atoms with Gasteiger partial charge < -0.3 is 15.4 Å². The summed E-state index contributed by atoms with van der Waals surface area (Å²) >= 11 is 0. The molecule has 0 bridgehead atoms. The Labute approximate surface area is 168 Å². The van der Waals surface area contributed by atoms with Gasteiger partial charge in [-0.25, -0.2) is 13.1 Å². The first-order chi connectivity index (χ1) is 11.6. The van der Waals surface area contributed by atoms with Gasteiger partial charge in [0, 0.05) is 25.7 Å². The number of ether oxygens (including phenoxy) is 1. The summed E-state index contributed by atoms with van der Waals surface area (Å²) in [6.45, 7) is 4.06. The van der Waals surface area contributed by atoms with Gasteiger partial charge in [-0.3, -0.25) is 4.99 Å². The van der Waals surface area contributed by atoms with Crippen LogP contribution in [0.4, 0.5) is 0 Å². The molecule has 25 heavy (non-hydrogen) atoms. The van der Waals surface area contributed by atoms with Gasteiger partial charge in [0.15, 0.2) is 5.96 Å². The molecule has 2 rings (SSSR count). The average Bonchev–Trinajstić information content (AvgIpc) is 3.07. The fourth-order valence-electron chi connectivity index (χ4n) is 2.79. The maximum Gasteiger partial charge on any atom is 0.213 e. The van der Waals surface area contributed by atoms with Gasteiger partial charge >= 0.3 is 0 Å². The van der Waals surface area contributed by atoms with E-state index < -0.39 is 10.0 Å². The second kappa shape index (κ2) is 12.1. The van der Waals surface area contributed by atoms with Crippen LogP contribution in [-0.2, 0) is 14.8 Å². The minimum absolute atomic E-state index is 0. The molecule has 0 saturated carbocycles. The van der Waals surface area contributed by atoms with Crippen molar-refractivity contribution in [1.29, 1.82) is 0 Å². The van der Waals surface area contributed by atoms with Crippen LogP contribution < -0.4 is 15.4 Å². The number of halogens is 1. The van der Waals surface area contributed by atoms with Gasteiger partial charge in [-0.15, -0.1) is 24.0 Å². The molecule has 1 atom stereocenters. The van der Waals surface area contributed by atoms with E-state index in [1.807, 2.05) is 6.92 Å². The first-order valence-corrected chi connectivity index (χ1v) is 10.5. The summed E-state index contributed by atoms with van der Waals surface area (Å²) in [7, 11) is -3.32. The third-order valence-electron chi connectivity index (χ3n) is 4.13. The summed E-state index contributed by atoms with van der Waals surface area (Å²) in [6, 6.07) is 0.348. The highest BCUT2D eigenvalue weighted by Gasteiger charge is 2.17. The molecule has 0 aromatic heterocycles. The van der Waals surface area contributed by atoms with Gasteiger partial charge in [0.25, 0.3) is 0 Å². The van der Waals surface area contributed by atoms with E-state index in [1.165, 1.54) is 0 Å².